The number of nitrogens with one attached hydrogen (secondary N) is 2. The van der Waals surface area contributed by atoms with Crippen LogP contribution in [0.1, 0.15) is 24.0 Å². The van der Waals surface area contributed by atoms with Crippen LogP contribution >= 0.6 is 0 Å². The van der Waals surface area contributed by atoms with E-state index in [0.29, 0.717) is 23.6 Å². The monoisotopic (exact) mass is 501 g/mol. The summed E-state index contributed by atoms with van der Waals surface area (Å²) in [5.41, 5.74) is 6.45. The number of hydrogen-bond donors (Lipinski definition) is 3. The molecule has 1 saturated heterocycles. The number of halogens is 6. The quantitative estimate of drug-likeness (QED) is 0.248. The first kappa shape index (κ1) is 27.8. The van der Waals surface area contributed by atoms with Gasteiger partial charge in [-0.05, 0) is 30.0 Å². The van der Waals surface area contributed by atoms with Crippen molar-refractivity contribution in [3.05, 3.63) is 71.0 Å². The normalized spacial score (nSPS) is 13.9. The van der Waals surface area contributed by atoms with Crippen molar-refractivity contribution in [2.75, 3.05) is 19.6 Å². The number of piperazine rings is 1. The molecule has 6 nitrogen and oxygen atoms in total. The average molecular weight is 501 g/mol. The molecule has 1 fully saturated rings. The Kier molecular flexibility index (Phi) is 9.81. The highest BCUT2D eigenvalue weighted by molar-refractivity contribution is 6.02. The summed E-state index contributed by atoms with van der Waals surface area (Å²) < 4.78 is 77.2. The number of nitrogens with zero attached hydrogens (tertiary/aromatic N) is 2. The van der Waals surface area contributed by atoms with Gasteiger partial charge in [0.2, 0.25) is 11.7 Å². The molecule has 190 valence electrons. The Bertz CT molecular complexity index is 1040. The number of hydrogen-bond acceptors (Lipinski definition) is 4. The molecule has 1 heterocycles. The molecule has 3 rings (SSSR count). The molecule has 2 aromatic rings. The molecule has 1 aliphatic rings. The summed E-state index contributed by atoms with van der Waals surface area (Å²) in [6.45, 7) is -0.169. The molecule has 0 bridgehead atoms. The van der Waals surface area contributed by atoms with E-state index in [1.54, 1.807) is 0 Å². The first-order valence-electron chi connectivity index (χ1n) is 10.6. The number of aryl methyl sites for hydroxylation is 1. The van der Waals surface area contributed by atoms with E-state index in [1.807, 2.05) is 30.3 Å². The number of benzene rings is 2. The van der Waals surface area contributed by atoms with Crippen molar-refractivity contribution < 1.29 is 31.1 Å². The minimum atomic E-state index is -4.88. The van der Waals surface area contributed by atoms with Gasteiger partial charge in [0.25, 0.3) is 0 Å². The highest BCUT2D eigenvalue weighted by Crippen LogP contribution is 2.21. The van der Waals surface area contributed by atoms with Crippen molar-refractivity contribution in [1.82, 2.24) is 9.80 Å². The van der Waals surface area contributed by atoms with Crippen LogP contribution in [-0.2, 0) is 17.8 Å². The van der Waals surface area contributed by atoms with E-state index in [0.717, 1.165) is 0 Å². The van der Waals surface area contributed by atoms with E-state index in [-0.39, 0.29) is 44.5 Å². The first-order valence-corrected chi connectivity index (χ1v) is 10.6. The van der Waals surface area contributed by atoms with E-state index in [1.165, 1.54) is 10.5 Å². The van der Waals surface area contributed by atoms with E-state index < -0.39 is 41.2 Å². The fourth-order valence-corrected chi connectivity index (χ4v) is 3.27. The van der Waals surface area contributed by atoms with Gasteiger partial charge in [0, 0.05) is 32.1 Å². The van der Waals surface area contributed by atoms with Crippen LogP contribution in [0.5, 0.6) is 0 Å². The van der Waals surface area contributed by atoms with Gasteiger partial charge in [0.05, 0.1) is 6.54 Å². The smallest absolute Gasteiger partial charge is 0.333 e. The molecule has 2 aromatic carbocycles. The summed E-state index contributed by atoms with van der Waals surface area (Å²) in [5, 5.41) is 14.7. The van der Waals surface area contributed by atoms with Crippen LogP contribution in [0.4, 0.5) is 26.3 Å². The average Bonchev–Trinajstić information content (AvgIpc) is 2.82. The molecule has 1 amide bonds. The fourth-order valence-electron chi connectivity index (χ4n) is 3.27. The van der Waals surface area contributed by atoms with Gasteiger partial charge < -0.3 is 15.5 Å². The Morgan fingerprint density at radius 2 is 1.63 bits per heavy atom. The summed E-state index contributed by atoms with van der Waals surface area (Å²) in [7, 11) is 0. The van der Waals surface area contributed by atoms with Crippen LogP contribution in [-0.4, -0.2) is 53.2 Å². The van der Waals surface area contributed by atoms with Crippen LogP contribution in [0, 0.1) is 28.3 Å². The summed E-state index contributed by atoms with van der Waals surface area (Å²) in [6, 6.07) is 11.1. The zero-order valence-corrected chi connectivity index (χ0v) is 18.6. The minimum Gasteiger partial charge on any atom is -0.333 e. The third-order valence-corrected chi connectivity index (χ3v) is 5.16. The van der Waals surface area contributed by atoms with Gasteiger partial charge in [0.1, 0.15) is 11.7 Å². The number of amides is 1. The van der Waals surface area contributed by atoms with Crippen molar-refractivity contribution in [3.8, 4) is 0 Å². The van der Waals surface area contributed by atoms with Crippen molar-refractivity contribution in [1.29, 1.82) is 10.8 Å². The van der Waals surface area contributed by atoms with Crippen LogP contribution < -0.4 is 5.73 Å². The lowest BCUT2D eigenvalue weighted by molar-refractivity contribution is -0.131. The molecular formula is C23H25F6N5O. The van der Waals surface area contributed by atoms with Gasteiger partial charge in [-0.25, -0.2) is 13.2 Å². The van der Waals surface area contributed by atoms with E-state index in [4.69, 9.17) is 16.6 Å². The van der Waals surface area contributed by atoms with Gasteiger partial charge in [-0.15, -0.1) is 0 Å². The SMILES string of the molecule is N=C1CN(C(=O)CCCc2cc(F)c(F)cc2F)CCN1C(=N)C(F)(F)F.NCc1ccccc1. The second-order valence-corrected chi connectivity index (χ2v) is 7.66. The van der Waals surface area contributed by atoms with E-state index in [2.05, 4.69) is 0 Å². The van der Waals surface area contributed by atoms with E-state index in [9.17, 15) is 31.1 Å². The number of amidine groups is 2. The van der Waals surface area contributed by atoms with Gasteiger partial charge >= 0.3 is 6.18 Å². The largest absolute Gasteiger partial charge is 0.449 e. The zero-order valence-electron chi connectivity index (χ0n) is 18.6. The van der Waals surface area contributed by atoms with Crippen LogP contribution in [0.2, 0.25) is 0 Å². The second-order valence-electron chi connectivity index (χ2n) is 7.66. The molecule has 0 saturated carbocycles. The predicted molar refractivity (Wildman–Crippen MR) is 118 cm³/mol. The molecular weight excluding hydrogens is 476 g/mol. The second kappa shape index (κ2) is 12.3. The zero-order chi connectivity index (χ0) is 26.2. The fraction of sp³-hybridized carbons (Fsp3) is 0.348. The molecule has 0 atom stereocenters. The predicted octanol–water partition coefficient (Wildman–Crippen LogP) is 4.23. The third kappa shape index (κ3) is 8.09. The highest BCUT2D eigenvalue weighted by Gasteiger charge is 2.41. The van der Waals surface area contributed by atoms with Crippen molar-refractivity contribution >= 4 is 17.6 Å². The molecule has 0 spiro atoms. The van der Waals surface area contributed by atoms with Crippen molar-refractivity contribution in [2.24, 2.45) is 5.73 Å². The molecule has 0 unspecified atom stereocenters. The minimum absolute atomic E-state index is 0.0229. The molecule has 4 N–H and O–H groups in total. The molecule has 0 radical (unpaired) electrons. The third-order valence-electron chi connectivity index (χ3n) is 5.16. The van der Waals surface area contributed by atoms with Crippen molar-refractivity contribution in [2.45, 2.75) is 32.0 Å². The first-order chi connectivity index (χ1) is 16.4. The lowest BCUT2D eigenvalue weighted by Crippen LogP contribution is -2.56. The Hall–Kier alpha value is -3.41. The van der Waals surface area contributed by atoms with Gasteiger partial charge in [-0.3, -0.25) is 15.6 Å². The molecule has 12 heteroatoms. The Morgan fingerprint density at radius 3 is 2.17 bits per heavy atom. The number of nitrogens with two attached hydrogens (primary N) is 1. The van der Waals surface area contributed by atoms with Crippen LogP contribution in [0.3, 0.4) is 0 Å². The Morgan fingerprint density at radius 1 is 1.00 bits per heavy atom. The highest BCUT2D eigenvalue weighted by atomic mass is 19.4. The molecule has 0 aromatic heterocycles. The number of alkyl halides is 3. The standard InChI is InChI=1S/C16H16F6N4O.C7H9N/c17-10-7-12(19)11(18)6-9(10)2-1-3-14(27)25-4-5-26(13(23)8-25)15(24)16(20,21)22;8-6-7-4-2-1-3-5-7/h6-7,23-24H,1-5,8H2;1-5H,6,8H2. The lowest BCUT2D eigenvalue weighted by Gasteiger charge is -2.36. The summed E-state index contributed by atoms with van der Waals surface area (Å²) >= 11 is 0. The molecule has 1 aliphatic heterocycles. The Balaban J connectivity index is 0.000000456. The maximum absolute atomic E-state index is 13.5. The number of carbonyl (C=O) groups is 1. The van der Waals surface area contributed by atoms with Crippen LogP contribution in [0.15, 0.2) is 42.5 Å². The summed E-state index contributed by atoms with van der Waals surface area (Å²) in [6.07, 6.45) is -4.88. The number of carbonyl (C=O) groups excluding carboxylic acids is 1. The number of rotatable bonds is 5. The summed E-state index contributed by atoms with van der Waals surface area (Å²) in [5.74, 6) is -6.08. The molecule has 35 heavy (non-hydrogen) atoms. The lowest BCUT2D eigenvalue weighted by atomic mass is 10.1. The topological polar surface area (TPSA) is 97.3 Å². The maximum Gasteiger partial charge on any atom is 0.449 e. The summed E-state index contributed by atoms with van der Waals surface area (Å²) in [4.78, 5) is 13.8. The van der Waals surface area contributed by atoms with Gasteiger partial charge in [-0.1, -0.05) is 30.3 Å². The van der Waals surface area contributed by atoms with Crippen LogP contribution in [0.25, 0.3) is 0 Å². The van der Waals surface area contributed by atoms with Gasteiger partial charge in [0.15, 0.2) is 11.6 Å². The molecule has 0 aliphatic carbocycles. The van der Waals surface area contributed by atoms with Crippen molar-refractivity contribution in [3.63, 3.8) is 0 Å². The Labute approximate surface area is 198 Å². The van der Waals surface area contributed by atoms with Gasteiger partial charge in [-0.2, -0.15) is 13.2 Å². The van der Waals surface area contributed by atoms with E-state index >= 15 is 0 Å². The maximum atomic E-state index is 13.5.